The second-order valence-electron chi connectivity index (χ2n) is 5.86. The van der Waals surface area contributed by atoms with Gasteiger partial charge in [-0.3, -0.25) is 20.2 Å². The number of aromatic amines is 1. The Labute approximate surface area is 153 Å². The SMILES string of the molecule is CN(c1cccnc1)c1ccc([N+](=O)[O-])c(Nc2ccc3[nH]ncc3c2)n1. The highest BCUT2D eigenvalue weighted by molar-refractivity contribution is 5.83. The minimum atomic E-state index is -0.459. The number of hydrogen-bond acceptors (Lipinski definition) is 7. The summed E-state index contributed by atoms with van der Waals surface area (Å²) in [5, 5.41) is 22.2. The van der Waals surface area contributed by atoms with Crippen molar-refractivity contribution >= 4 is 39.6 Å². The van der Waals surface area contributed by atoms with Gasteiger partial charge >= 0.3 is 5.69 Å². The van der Waals surface area contributed by atoms with Gasteiger partial charge in [-0.15, -0.1) is 0 Å². The molecule has 0 aliphatic carbocycles. The fourth-order valence-corrected chi connectivity index (χ4v) is 2.71. The lowest BCUT2D eigenvalue weighted by atomic mass is 10.2. The molecule has 0 unspecified atom stereocenters. The van der Waals surface area contributed by atoms with Gasteiger partial charge in [0.25, 0.3) is 0 Å². The highest BCUT2D eigenvalue weighted by atomic mass is 16.6. The van der Waals surface area contributed by atoms with Crippen LogP contribution in [0.5, 0.6) is 0 Å². The quantitative estimate of drug-likeness (QED) is 0.411. The Kier molecular flexibility index (Phi) is 4.09. The summed E-state index contributed by atoms with van der Waals surface area (Å²) >= 11 is 0. The molecule has 9 heteroatoms. The highest BCUT2D eigenvalue weighted by Gasteiger charge is 2.18. The van der Waals surface area contributed by atoms with Crippen molar-refractivity contribution in [1.29, 1.82) is 0 Å². The van der Waals surface area contributed by atoms with E-state index in [1.807, 2.05) is 37.4 Å². The molecular formula is C18H15N7O2. The topological polar surface area (TPSA) is 113 Å². The predicted molar refractivity (Wildman–Crippen MR) is 103 cm³/mol. The third-order valence-electron chi connectivity index (χ3n) is 4.14. The fourth-order valence-electron chi connectivity index (χ4n) is 2.71. The Morgan fingerprint density at radius 3 is 2.85 bits per heavy atom. The molecule has 9 nitrogen and oxygen atoms in total. The van der Waals surface area contributed by atoms with Crippen molar-refractivity contribution in [2.24, 2.45) is 0 Å². The first-order chi connectivity index (χ1) is 13.1. The Morgan fingerprint density at radius 2 is 2.07 bits per heavy atom. The number of nitro groups is 1. The van der Waals surface area contributed by atoms with Gasteiger partial charge in [0.05, 0.1) is 28.5 Å². The first-order valence-electron chi connectivity index (χ1n) is 8.11. The summed E-state index contributed by atoms with van der Waals surface area (Å²) in [6.45, 7) is 0. The van der Waals surface area contributed by atoms with Crippen molar-refractivity contribution in [3.8, 4) is 0 Å². The summed E-state index contributed by atoms with van der Waals surface area (Å²) in [5.74, 6) is 0.719. The number of hydrogen-bond donors (Lipinski definition) is 2. The maximum atomic E-state index is 11.4. The monoisotopic (exact) mass is 361 g/mol. The van der Waals surface area contributed by atoms with Crippen LogP contribution in [0.1, 0.15) is 0 Å². The maximum Gasteiger partial charge on any atom is 0.311 e. The number of pyridine rings is 2. The normalized spacial score (nSPS) is 10.7. The number of nitrogens with one attached hydrogen (secondary N) is 2. The molecule has 4 aromatic rings. The molecule has 0 saturated carbocycles. The number of nitrogens with zero attached hydrogens (tertiary/aromatic N) is 5. The molecule has 0 bridgehead atoms. The van der Waals surface area contributed by atoms with Crippen molar-refractivity contribution in [2.45, 2.75) is 0 Å². The molecule has 0 radical (unpaired) electrons. The molecule has 4 rings (SSSR count). The number of anilines is 4. The number of H-pyrrole nitrogens is 1. The molecule has 0 aliphatic heterocycles. The van der Waals surface area contributed by atoms with Gasteiger partial charge in [-0.1, -0.05) is 0 Å². The van der Waals surface area contributed by atoms with E-state index in [-0.39, 0.29) is 11.5 Å². The van der Waals surface area contributed by atoms with E-state index in [1.54, 1.807) is 29.6 Å². The summed E-state index contributed by atoms with van der Waals surface area (Å²) in [6.07, 6.45) is 5.07. The lowest BCUT2D eigenvalue weighted by Gasteiger charge is -2.18. The Morgan fingerprint density at radius 1 is 1.19 bits per heavy atom. The van der Waals surface area contributed by atoms with Gasteiger partial charge in [0.2, 0.25) is 5.82 Å². The molecule has 1 aromatic carbocycles. The van der Waals surface area contributed by atoms with Gasteiger partial charge in [-0.05, 0) is 36.4 Å². The summed E-state index contributed by atoms with van der Waals surface area (Å²) in [7, 11) is 1.83. The van der Waals surface area contributed by atoms with Crippen molar-refractivity contribution in [3.05, 3.63) is 71.2 Å². The molecule has 134 valence electrons. The highest BCUT2D eigenvalue weighted by Crippen LogP contribution is 2.31. The number of benzene rings is 1. The van der Waals surface area contributed by atoms with Gasteiger partial charge in [-0.25, -0.2) is 4.98 Å². The van der Waals surface area contributed by atoms with Crippen LogP contribution < -0.4 is 10.2 Å². The number of fused-ring (bicyclic) bond motifs is 1. The minimum absolute atomic E-state index is 0.106. The molecule has 0 amide bonds. The molecule has 0 fully saturated rings. The largest absolute Gasteiger partial charge is 0.334 e. The predicted octanol–water partition coefficient (Wildman–Crippen LogP) is 3.77. The van der Waals surface area contributed by atoms with E-state index in [1.165, 1.54) is 6.07 Å². The molecule has 2 N–H and O–H groups in total. The van der Waals surface area contributed by atoms with E-state index in [0.29, 0.717) is 11.5 Å². The van der Waals surface area contributed by atoms with Gasteiger partial charge in [0.15, 0.2) is 0 Å². The van der Waals surface area contributed by atoms with Gasteiger partial charge < -0.3 is 10.2 Å². The van der Waals surface area contributed by atoms with Crippen LogP contribution in [-0.2, 0) is 0 Å². The molecule has 0 aliphatic rings. The molecule has 0 atom stereocenters. The van der Waals surface area contributed by atoms with Crippen LogP contribution in [0.15, 0.2) is 61.1 Å². The van der Waals surface area contributed by atoms with Crippen LogP contribution in [0.2, 0.25) is 0 Å². The van der Waals surface area contributed by atoms with Gasteiger partial charge in [-0.2, -0.15) is 5.10 Å². The zero-order valence-corrected chi connectivity index (χ0v) is 14.3. The Bertz CT molecular complexity index is 1110. The molecule has 3 aromatic heterocycles. The van der Waals surface area contributed by atoms with E-state index < -0.39 is 4.92 Å². The second kappa shape index (κ2) is 6.71. The van der Waals surface area contributed by atoms with Crippen LogP contribution in [0.3, 0.4) is 0 Å². The van der Waals surface area contributed by atoms with E-state index >= 15 is 0 Å². The van der Waals surface area contributed by atoms with Crippen molar-refractivity contribution in [2.75, 3.05) is 17.3 Å². The number of rotatable bonds is 5. The Hall–Kier alpha value is -4.01. The summed E-state index contributed by atoms with van der Waals surface area (Å²) in [6, 6.07) is 12.3. The minimum Gasteiger partial charge on any atom is -0.334 e. The maximum absolute atomic E-state index is 11.4. The van der Waals surface area contributed by atoms with Crippen LogP contribution in [-0.4, -0.2) is 32.1 Å². The van der Waals surface area contributed by atoms with Crippen molar-refractivity contribution in [3.63, 3.8) is 0 Å². The van der Waals surface area contributed by atoms with Crippen LogP contribution >= 0.6 is 0 Å². The third kappa shape index (κ3) is 3.25. The average Bonchev–Trinajstić information content (AvgIpc) is 3.15. The van der Waals surface area contributed by atoms with Crippen LogP contribution in [0.25, 0.3) is 10.9 Å². The smallest absolute Gasteiger partial charge is 0.311 e. The van der Waals surface area contributed by atoms with E-state index in [2.05, 4.69) is 25.5 Å². The number of aromatic nitrogens is 4. The molecule has 0 saturated heterocycles. The summed E-state index contributed by atoms with van der Waals surface area (Å²) in [4.78, 5) is 21.3. The van der Waals surface area contributed by atoms with Gasteiger partial charge in [0, 0.05) is 30.4 Å². The lowest BCUT2D eigenvalue weighted by molar-refractivity contribution is -0.384. The summed E-state index contributed by atoms with van der Waals surface area (Å²) < 4.78 is 0. The molecular weight excluding hydrogens is 346 g/mol. The van der Waals surface area contributed by atoms with Crippen molar-refractivity contribution < 1.29 is 4.92 Å². The zero-order valence-electron chi connectivity index (χ0n) is 14.3. The van der Waals surface area contributed by atoms with Crippen molar-refractivity contribution in [1.82, 2.24) is 20.2 Å². The first kappa shape index (κ1) is 16.5. The standard InChI is InChI=1S/C18H15N7O2/c1-24(14-3-2-8-19-11-14)17-7-6-16(25(26)27)18(22-17)21-13-4-5-15-12(9-13)10-20-23-15/h2-11H,1H3,(H,20,23)(H,21,22). The van der Waals surface area contributed by atoms with Gasteiger partial charge in [0.1, 0.15) is 5.82 Å². The fraction of sp³-hybridized carbons (Fsp3) is 0.0556. The first-order valence-corrected chi connectivity index (χ1v) is 8.11. The Balaban J connectivity index is 1.72. The van der Waals surface area contributed by atoms with Crippen LogP contribution in [0, 0.1) is 10.1 Å². The third-order valence-corrected chi connectivity index (χ3v) is 4.14. The van der Waals surface area contributed by atoms with E-state index in [9.17, 15) is 10.1 Å². The second-order valence-corrected chi connectivity index (χ2v) is 5.86. The average molecular weight is 361 g/mol. The molecule has 27 heavy (non-hydrogen) atoms. The lowest BCUT2D eigenvalue weighted by Crippen LogP contribution is -2.12. The summed E-state index contributed by atoms with van der Waals surface area (Å²) in [5.41, 5.74) is 2.28. The van der Waals surface area contributed by atoms with E-state index in [0.717, 1.165) is 16.6 Å². The molecule has 3 heterocycles. The van der Waals surface area contributed by atoms with E-state index in [4.69, 9.17) is 0 Å². The molecule has 0 spiro atoms. The van der Waals surface area contributed by atoms with Crippen LogP contribution in [0.4, 0.5) is 28.7 Å². The zero-order chi connectivity index (χ0) is 18.8.